The number of hydrogen-bond acceptors (Lipinski definition) is 3. The molecule has 1 aromatic carbocycles. The van der Waals surface area contributed by atoms with Crippen molar-refractivity contribution in [1.29, 1.82) is 0 Å². The van der Waals surface area contributed by atoms with Gasteiger partial charge in [-0.05, 0) is 48.4 Å². The molecule has 5 heteroatoms. The lowest BCUT2D eigenvalue weighted by molar-refractivity contribution is 0.317. The van der Waals surface area contributed by atoms with Gasteiger partial charge in [-0.1, -0.05) is 6.58 Å². The third-order valence-electron chi connectivity index (χ3n) is 4.04. The zero-order valence-electron chi connectivity index (χ0n) is 13.6. The van der Waals surface area contributed by atoms with E-state index in [4.69, 9.17) is 21.1 Å². The van der Waals surface area contributed by atoms with Gasteiger partial charge < -0.3 is 13.9 Å². The Morgan fingerprint density at radius 3 is 3.04 bits per heavy atom. The summed E-state index contributed by atoms with van der Waals surface area (Å²) in [6, 6.07) is 11.8. The Morgan fingerprint density at radius 2 is 2.16 bits per heavy atom. The Labute approximate surface area is 151 Å². The van der Waals surface area contributed by atoms with Crippen LogP contribution < -0.4 is 9.47 Å². The van der Waals surface area contributed by atoms with Gasteiger partial charge >= 0.3 is 0 Å². The quantitative estimate of drug-likeness (QED) is 0.489. The fourth-order valence-electron chi connectivity index (χ4n) is 2.77. The molecule has 0 radical (unpaired) electrons. The fourth-order valence-corrected chi connectivity index (χ4v) is 2.88. The van der Waals surface area contributed by atoms with E-state index < -0.39 is 0 Å². The minimum Gasteiger partial charge on any atom is -0.493 e. The highest BCUT2D eigenvalue weighted by molar-refractivity contribution is 6.17. The zero-order valence-corrected chi connectivity index (χ0v) is 14.4. The van der Waals surface area contributed by atoms with Crippen LogP contribution in [-0.2, 0) is 0 Å². The van der Waals surface area contributed by atoms with Crippen LogP contribution in [0.3, 0.4) is 0 Å². The predicted molar refractivity (Wildman–Crippen MR) is 100 cm³/mol. The summed E-state index contributed by atoms with van der Waals surface area (Å²) in [5.74, 6) is 2.74. The molecule has 0 amide bonds. The lowest BCUT2D eigenvalue weighted by Crippen LogP contribution is -2.06. The van der Waals surface area contributed by atoms with E-state index in [-0.39, 0.29) is 0 Å². The van der Waals surface area contributed by atoms with E-state index >= 15 is 0 Å². The highest BCUT2D eigenvalue weighted by atomic mass is 35.5. The minimum absolute atomic E-state index is 0.582. The Morgan fingerprint density at radius 1 is 1.24 bits per heavy atom. The van der Waals surface area contributed by atoms with Crippen molar-refractivity contribution in [1.82, 2.24) is 9.38 Å². The van der Waals surface area contributed by atoms with E-state index in [2.05, 4.69) is 11.6 Å². The number of hydrogen-bond donors (Lipinski definition) is 0. The van der Waals surface area contributed by atoms with Gasteiger partial charge in [0.05, 0.1) is 12.9 Å². The van der Waals surface area contributed by atoms with Crippen molar-refractivity contribution in [2.45, 2.75) is 6.42 Å². The minimum atomic E-state index is 0.582. The Bertz CT molecular complexity index is 975. The van der Waals surface area contributed by atoms with E-state index in [9.17, 15) is 0 Å². The Balaban J connectivity index is 1.63. The molecular weight excluding hydrogens is 336 g/mol. The summed E-state index contributed by atoms with van der Waals surface area (Å²) in [6.45, 7) is 4.72. The molecule has 126 valence electrons. The molecule has 3 heterocycles. The van der Waals surface area contributed by atoms with Gasteiger partial charge in [-0.25, -0.2) is 4.98 Å². The SMILES string of the molecule is C=C1C=C(c2cc3cccn3cn2)Oc2cc(OCCCCl)ccc21. The molecule has 0 N–H and O–H groups in total. The van der Waals surface area contributed by atoms with Gasteiger partial charge in [0.1, 0.15) is 17.2 Å². The molecule has 0 atom stereocenters. The largest absolute Gasteiger partial charge is 0.493 e. The number of allylic oxidation sites excluding steroid dienone is 2. The molecule has 4 nitrogen and oxygen atoms in total. The van der Waals surface area contributed by atoms with Crippen LogP contribution in [0.25, 0.3) is 16.8 Å². The number of ether oxygens (including phenoxy) is 2. The van der Waals surface area contributed by atoms with Crippen LogP contribution in [0.1, 0.15) is 17.7 Å². The van der Waals surface area contributed by atoms with Gasteiger partial charge in [0, 0.05) is 29.2 Å². The molecule has 0 saturated heterocycles. The lowest BCUT2D eigenvalue weighted by Gasteiger charge is -2.20. The molecule has 1 aliphatic rings. The van der Waals surface area contributed by atoms with Crippen LogP contribution in [-0.4, -0.2) is 21.9 Å². The third kappa shape index (κ3) is 3.13. The molecule has 0 unspecified atom stereocenters. The average Bonchev–Trinajstić information content (AvgIpc) is 3.09. The molecule has 0 spiro atoms. The predicted octanol–water partition coefficient (Wildman–Crippen LogP) is 4.79. The standard InChI is InChI=1S/C20H17ClN2O2/c1-14-10-20(18-11-15-4-2-8-23(15)13-22-18)25-19-12-16(5-6-17(14)19)24-9-3-7-21/h2,4-6,8,10-13H,1,3,7,9H2. The summed E-state index contributed by atoms with van der Waals surface area (Å²) in [5.41, 5.74) is 3.67. The van der Waals surface area contributed by atoms with Crippen LogP contribution >= 0.6 is 11.6 Å². The first-order chi connectivity index (χ1) is 12.2. The van der Waals surface area contributed by atoms with Gasteiger partial charge in [-0.15, -0.1) is 11.6 Å². The molecule has 25 heavy (non-hydrogen) atoms. The van der Waals surface area contributed by atoms with Crippen molar-refractivity contribution in [3.8, 4) is 11.5 Å². The molecule has 4 rings (SSSR count). The van der Waals surface area contributed by atoms with Gasteiger partial charge in [0.2, 0.25) is 0 Å². The maximum atomic E-state index is 6.08. The first-order valence-electron chi connectivity index (χ1n) is 8.09. The molecule has 3 aromatic rings. The van der Waals surface area contributed by atoms with E-state index in [0.29, 0.717) is 18.2 Å². The van der Waals surface area contributed by atoms with Gasteiger partial charge in [0.15, 0.2) is 5.76 Å². The van der Waals surface area contributed by atoms with Crippen molar-refractivity contribution in [3.05, 3.63) is 72.8 Å². The topological polar surface area (TPSA) is 35.8 Å². The number of aromatic nitrogens is 2. The monoisotopic (exact) mass is 352 g/mol. The molecule has 0 aliphatic carbocycles. The second-order valence-corrected chi connectivity index (χ2v) is 6.18. The maximum Gasteiger partial charge on any atom is 0.153 e. The molecular formula is C20H17ClN2O2. The normalized spacial score (nSPS) is 13.3. The van der Waals surface area contributed by atoms with Crippen LogP contribution in [0.15, 0.2) is 61.6 Å². The Hall–Kier alpha value is -2.72. The highest BCUT2D eigenvalue weighted by Gasteiger charge is 2.19. The van der Waals surface area contributed by atoms with Crippen molar-refractivity contribution in [2.24, 2.45) is 0 Å². The summed E-state index contributed by atoms with van der Waals surface area (Å²) in [6.07, 6.45) is 6.45. The van der Waals surface area contributed by atoms with E-state index in [0.717, 1.165) is 40.3 Å². The highest BCUT2D eigenvalue weighted by Crippen LogP contribution is 2.38. The smallest absolute Gasteiger partial charge is 0.153 e. The molecule has 1 aliphatic heterocycles. The number of rotatable bonds is 5. The number of alkyl halides is 1. The maximum absolute atomic E-state index is 6.08. The fraction of sp³-hybridized carbons (Fsp3) is 0.150. The van der Waals surface area contributed by atoms with Crippen molar-refractivity contribution >= 4 is 28.4 Å². The second kappa shape index (κ2) is 6.65. The summed E-state index contributed by atoms with van der Waals surface area (Å²) < 4.78 is 13.7. The third-order valence-corrected chi connectivity index (χ3v) is 4.31. The van der Waals surface area contributed by atoms with Crippen molar-refractivity contribution < 1.29 is 9.47 Å². The number of benzene rings is 1. The zero-order chi connectivity index (χ0) is 17.2. The van der Waals surface area contributed by atoms with E-state index in [1.54, 1.807) is 6.33 Å². The van der Waals surface area contributed by atoms with Gasteiger partial charge in [0.25, 0.3) is 0 Å². The summed E-state index contributed by atoms with van der Waals surface area (Å²) in [7, 11) is 0. The molecule has 2 aromatic heterocycles. The van der Waals surface area contributed by atoms with Crippen LogP contribution in [0.5, 0.6) is 11.5 Å². The van der Waals surface area contributed by atoms with Gasteiger partial charge in [-0.2, -0.15) is 0 Å². The molecule has 0 saturated carbocycles. The lowest BCUT2D eigenvalue weighted by atomic mass is 10.0. The van der Waals surface area contributed by atoms with Crippen LogP contribution in [0, 0.1) is 0 Å². The van der Waals surface area contributed by atoms with Crippen molar-refractivity contribution in [2.75, 3.05) is 12.5 Å². The Kier molecular flexibility index (Phi) is 4.20. The number of nitrogens with zero attached hydrogens (tertiary/aromatic N) is 2. The molecule has 0 fully saturated rings. The van der Waals surface area contributed by atoms with Crippen molar-refractivity contribution in [3.63, 3.8) is 0 Å². The van der Waals surface area contributed by atoms with E-state index in [1.807, 2.05) is 53.1 Å². The average molecular weight is 353 g/mol. The van der Waals surface area contributed by atoms with Crippen LogP contribution in [0.2, 0.25) is 0 Å². The molecule has 0 bridgehead atoms. The summed E-state index contributed by atoms with van der Waals surface area (Å²) >= 11 is 5.69. The van der Waals surface area contributed by atoms with E-state index in [1.165, 1.54) is 0 Å². The first-order valence-corrected chi connectivity index (χ1v) is 8.63. The summed E-state index contributed by atoms with van der Waals surface area (Å²) in [4.78, 5) is 4.48. The number of halogens is 1. The first kappa shape index (κ1) is 15.8. The number of fused-ring (bicyclic) bond motifs is 2. The van der Waals surface area contributed by atoms with Crippen LogP contribution in [0.4, 0.5) is 0 Å². The van der Waals surface area contributed by atoms with Gasteiger partial charge in [-0.3, -0.25) is 0 Å². The second-order valence-electron chi connectivity index (χ2n) is 5.80. The summed E-state index contributed by atoms with van der Waals surface area (Å²) in [5, 5.41) is 0.